The molecule has 6 nitrogen and oxygen atoms in total. The van der Waals surface area contributed by atoms with Crippen LogP contribution in [0, 0.1) is 0 Å². The highest BCUT2D eigenvalue weighted by Gasteiger charge is 2.25. The van der Waals surface area contributed by atoms with Crippen LogP contribution in [0.4, 0.5) is 0 Å². The molecule has 1 saturated heterocycles. The fourth-order valence-corrected chi connectivity index (χ4v) is 3.55. The Morgan fingerprint density at radius 3 is 2.34 bits per heavy atom. The van der Waals surface area contributed by atoms with Gasteiger partial charge in [0, 0.05) is 12.0 Å². The first-order chi connectivity index (χ1) is 14.1. The maximum absolute atomic E-state index is 12.4. The summed E-state index contributed by atoms with van der Waals surface area (Å²) in [7, 11) is 4.66. The lowest BCUT2D eigenvalue weighted by molar-refractivity contribution is -0.134. The van der Waals surface area contributed by atoms with Gasteiger partial charge in [-0.15, -0.1) is 0 Å². The minimum atomic E-state index is -0.352. The molecule has 2 aromatic rings. The number of methoxy groups -OCH3 is 3. The molecule has 4 rings (SSSR count). The van der Waals surface area contributed by atoms with Crippen molar-refractivity contribution in [2.24, 2.45) is 0 Å². The number of esters is 1. The van der Waals surface area contributed by atoms with Gasteiger partial charge in [0.15, 0.2) is 11.5 Å². The van der Waals surface area contributed by atoms with E-state index in [1.165, 1.54) is 5.56 Å². The largest absolute Gasteiger partial charge is 0.493 e. The molecule has 0 radical (unpaired) electrons. The summed E-state index contributed by atoms with van der Waals surface area (Å²) in [6.45, 7) is 0.950. The van der Waals surface area contributed by atoms with Crippen molar-refractivity contribution in [3.05, 3.63) is 58.2 Å². The molecule has 0 aliphatic carbocycles. The summed E-state index contributed by atoms with van der Waals surface area (Å²) >= 11 is 0. The smallest absolute Gasteiger partial charge is 0.338 e. The number of fused-ring (bicyclic) bond motifs is 1. The first-order valence-corrected chi connectivity index (χ1v) is 9.28. The van der Waals surface area contributed by atoms with Gasteiger partial charge in [-0.05, 0) is 53.1 Å². The molecule has 0 spiro atoms. The van der Waals surface area contributed by atoms with Crippen molar-refractivity contribution in [1.29, 1.82) is 0 Å². The van der Waals surface area contributed by atoms with E-state index in [2.05, 4.69) is 6.07 Å². The van der Waals surface area contributed by atoms with E-state index in [1.807, 2.05) is 18.2 Å². The van der Waals surface area contributed by atoms with E-state index in [4.69, 9.17) is 23.7 Å². The second-order valence-electron chi connectivity index (χ2n) is 6.73. The third-order valence-electron chi connectivity index (χ3n) is 4.98. The summed E-state index contributed by atoms with van der Waals surface area (Å²) in [4.78, 5) is 12.4. The van der Waals surface area contributed by atoms with Crippen LogP contribution in [0.1, 0.15) is 16.7 Å². The van der Waals surface area contributed by atoms with Gasteiger partial charge in [0.25, 0.3) is 0 Å². The van der Waals surface area contributed by atoms with Crippen LogP contribution in [-0.2, 0) is 16.0 Å². The van der Waals surface area contributed by atoms with Crippen LogP contribution in [-0.4, -0.2) is 40.5 Å². The minimum absolute atomic E-state index is 0.239. The number of benzene rings is 2. The molecule has 0 amide bonds. The molecule has 2 aromatic carbocycles. The highest BCUT2D eigenvalue weighted by molar-refractivity contribution is 6.02. The van der Waals surface area contributed by atoms with Crippen molar-refractivity contribution in [3.8, 4) is 23.0 Å². The Hall–Kier alpha value is -3.41. The normalized spacial score (nSPS) is 17.8. The van der Waals surface area contributed by atoms with Crippen LogP contribution in [0.25, 0.3) is 12.2 Å². The Morgan fingerprint density at radius 2 is 1.66 bits per heavy atom. The van der Waals surface area contributed by atoms with E-state index in [0.717, 1.165) is 28.9 Å². The molecule has 29 heavy (non-hydrogen) atoms. The highest BCUT2D eigenvalue weighted by Crippen LogP contribution is 2.39. The van der Waals surface area contributed by atoms with E-state index >= 15 is 0 Å². The van der Waals surface area contributed by atoms with Gasteiger partial charge < -0.3 is 23.7 Å². The van der Waals surface area contributed by atoms with E-state index in [9.17, 15) is 4.79 Å². The Labute approximate surface area is 169 Å². The zero-order valence-corrected chi connectivity index (χ0v) is 16.6. The first kappa shape index (κ1) is 18.9. The molecule has 0 unspecified atom stereocenters. The molecule has 0 atom stereocenters. The average molecular weight is 394 g/mol. The van der Waals surface area contributed by atoms with Gasteiger partial charge in [-0.2, -0.15) is 0 Å². The van der Waals surface area contributed by atoms with Crippen molar-refractivity contribution < 1.29 is 28.5 Å². The Morgan fingerprint density at radius 1 is 0.897 bits per heavy atom. The summed E-state index contributed by atoms with van der Waals surface area (Å²) < 4.78 is 27.0. The molecule has 2 aliphatic rings. The number of cyclic esters (lactones) is 1. The van der Waals surface area contributed by atoms with Gasteiger partial charge in [-0.3, -0.25) is 0 Å². The zero-order chi connectivity index (χ0) is 20.4. The Bertz CT molecular complexity index is 993. The highest BCUT2D eigenvalue weighted by atomic mass is 16.5. The van der Waals surface area contributed by atoms with Crippen molar-refractivity contribution >= 4 is 18.1 Å². The Kier molecular flexibility index (Phi) is 5.16. The number of carbonyl (C=O) groups is 1. The van der Waals surface area contributed by atoms with Gasteiger partial charge in [0.2, 0.25) is 5.75 Å². The van der Waals surface area contributed by atoms with Gasteiger partial charge in [0.1, 0.15) is 12.4 Å². The van der Waals surface area contributed by atoms with Crippen LogP contribution >= 0.6 is 0 Å². The number of ether oxygens (including phenoxy) is 5. The molecule has 2 heterocycles. The lowest BCUT2D eigenvalue weighted by Gasteiger charge is -2.13. The lowest BCUT2D eigenvalue weighted by atomic mass is 10.0. The molecule has 0 saturated carbocycles. The van der Waals surface area contributed by atoms with Crippen molar-refractivity contribution in [2.45, 2.75) is 6.42 Å². The van der Waals surface area contributed by atoms with Crippen LogP contribution in [0.2, 0.25) is 0 Å². The minimum Gasteiger partial charge on any atom is -0.493 e. The van der Waals surface area contributed by atoms with Crippen molar-refractivity contribution in [3.63, 3.8) is 0 Å². The SMILES string of the molecule is COc1cc(/C=C2/C(=O)OC/C2=C/c2ccc3c(c2)CCO3)cc(OC)c1OC. The lowest BCUT2D eigenvalue weighted by Crippen LogP contribution is -1.97. The fraction of sp³-hybridized carbons (Fsp3) is 0.261. The summed E-state index contributed by atoms with van der Waals surface area (Å²) in [5.41, 5.74) is 4.28. The topological polar surface area (TPSA) is 63.2 Å². The number of hydrogen-bond donors (Lipinski definition) is 0. The van der Waals surface area contributed by atoms with Gasteiger partial charge in [-0.25, -0.2) is 4.79 Å². The van der Waals surface area contributed by atoms with E-state index < -0.39 is 0 Å². The Balaban J connectivity index is 1.72. The quantitative estimate of drug-likeness (QED) is 0.570. The summed E-state index contributed by atoms with van der Waals surface area (Å²) in [5, 5.41) is 0. The van der Waals surface area contributed by atoms with E-state index in [1.54, 1.807) is 39.5 Å². The fourth-order valence-electron chi connectivity index (χ4n) is 3.55. The van der Waals surface area contributed by atoms with Crippen LogP contribution < -0.4 is 18.9 Å². The van der Waals surface area contributed by atoms with Crippen LogP contribution in [0.15, 0.2) is 41.5 Å². The molecule has 0 N–H and O–H groups in total. The molecule has 6 heteroatoms. The van der Waals surface area contributed by atoms with E-state index in [-0.39, 0.29) is 12.6 Å². The summed E-state index contributed by atoms with van der Waals surface area (Å²) in [6.07, 6.45) is 4.66. The summed E-state index contributed by atoms with van der Waals surface area (Å²) in [6, 6.07) is 9.63. The molecule has 1 fully saturated rings. The molecule has 2 aliphatic heterocycles. The zero-order valence-electron chi connectivity index (χ0n) is 16.6. The average Bonchev–Trinajstić information content (AvgIpc) is 3.34. The predicted molar refractivity (Wildman–Crippen MR) is 109 cm³/mol. The number of carbonyl (C=O) groups excluding carboxylic acids is 1. The monoisotopic (exact) mass is 394 g/mol. The summed E-state index contributed by atoms with van der Waals surface area (Å²) in [5.74, 6) is 2.12. The van der Waals surface area contributed by atoms with Crippen LogP contribution in [0.3, 0.4) is 0 Å². The maximum Gasteiger partial charge on any atom is 0.338 e. The molecular weight excluding hydrogens is 372 g/mol. The van der Waals surface area contributed by atoms with Gasteiger partial charge in [0.05, 0.1) is 33.5 Å². The predicted octanol–water partition coefficient (Wildman–Crippen LogP) is 3.67. The molecule has 150 valence electrons. The molecule has 0 bridgehead atoms. The van der Waals surface area contributed by atoms with Gasteiger partial charge >= 0.3 is 5.97 Å². The van der Waals surface area contributed by atoms with Crippen molar-refractivity contribution in [1.82, 2.24) is 0 Å². The van der Waals surface area contributed by atoms with Gasteiger partial charge in [-0.1, -0.05) is 6.07 Å². The van der Waals surface area contributed by atoms with Crippen LogP contribution in [0.5, 0.6) is 23.0 Å². The standard InChI is InChI=1S/C23H22O6/c1-25-20-11-15(12-21(26-2)22(20)27-3)10-18-17(13-29-23(18)24)9-14-4-5-19-16(8-14)6-7-28-19/h4-5,8-12H,6-7,13H2,1-3H3/b17-9-,18-10+. The number of hydrogen-bond acceptors (Lipinski definition) is 6. The second-order valence-corrected chi connectivity index (χ2v) is 6.73. The molecular formula is C23H22O6. The maximum atomic E-state index is 12.4. The second kappa shape index (κ2) is 7.91. The first-order valence-electron chi connectivity index (χ1n) is 9.28. The van der Waals surface area contributed by atoms with Crippen molar-refractivity contribution in [2.75, 3.05) is 34.5 Å². The van der Waals surface area contributed by atoms with E-state index in [0.29, 0.717) is 29.4 Å². The number of rotatable bonds is 5. The third kappa shape index (κ3) is 3.66. The molecule has 0 aromatic heterocycles. The third-order valence-corrected chi connectivity index (χ3v) is 4.98.